The van der Waals surface area contributed by atoms with E-state index in [1.165, 1.54) is 16.8 Å². The number of benzene rings is 2. The molecule has 6 nitrogen and oxygen atoms in total. The molecule has 0 bridgehead atoms. The summed E-state index contributed by atoms with van der Waals surface area (Å²) >= 11 is 6.50. The number of Topliss-reactive ketones (excluding diaryl/α,β-unsaturated/α-hetero) is 1. The number of hydrogen-bond donors (Lipinski definition) is 1. The second kappa shape index (κ2) is 9.04. The summed E-state index contributed by atoms with van der Waals surface area (Å²) in [5.74, 6) is -2.21. The number of ketones is 1. The Morgan fingerprint density at radius 2 is 1.94 bits per heavy atom. The van der Waals surface area contributed by atoms with Crippen molar-refractivity contribution in [3.8, 4) is 11.3 Å². The lowest BCUT2D eigenvalue weighted by Gasteiger charge is -2.22. The quantitative estimate of drug-likeness (QED) is 0.475. The van der Waals surface area contributed by atoms with Crippen LogP contribution in [0.3, 0.4) is 0 Å². The maximum absolute atomic E-state index is 15.0. The van der Waals surface area contributed by atoms with Gasteiger partial charge in [-0.1, -0.05) is 30.7 Å². The Morgan fingerprint density at radius 3 is 2.60 bits per heavy atom. The molecule has 0 spiro atoms. The topological polar surface area (TPSA) is 89.3 Å². The van der Waals surface area contributed by atoms with Gasteiger partial charge in [-0.15, -0.1) is 0 Å². The van der Waals surface area contributed by atoms with Crippen LogP contribution >= 0.6 is 11.6 Å². The molecule has 1 fully saturated rings. The Labute approximate surface area is 206 Å². The van der Waals surface area contributed by atoms with Gasteiger partial charge >= 0.3 is 5.97 Å². The van der Waals surface area contributed by atoms with E-state index in [0.29, 0.717) is 53.2 Å². The van der Waals surface area contributed by atoms with Crippen LogP contribution in [0, 0.1) is 11.7 Å². The van der Waals surface area contributed by atoms with Gasteiger partial charge in [0.05, 0.1) is 27.5 Å². The first-order valence-electron chi connectivity index (χ1n) is 11.8. The predicted molar refractivity (Wildman–Crippen MR) is 129 cm³/mol. The second-order valence-corrected chi connectivity index (χ2v) is 9.64. The predicted octanol–water partition coefficient (Wildman–Crippen LogP) is 5.69. The molecule has 0 radical (unpaired) electrons. The highest BCUT2D eigenvalue weighted by atomic mass is 35.5. The van der Waals surface area contributed by atoms with Crippen LogP contribution in [0.1, 0.15) is 76.1 Å². The molecule has 0 aliphatic heterocycles. The molecule has 3 aromatic rings. The van der Waals surface area contributed by atoms with Gasteiger partial charge in [0.15, 0.2) is 0 Å². The summed E-state index contributed by atoms with van der Waals surface area (Å²) in [4.78, 5) is 37.6. The molecule has 0 saturated heterocycles. The molecule has 1 saturated carbocycles. The minimum Gasteiger partial charge on any atom is -0.478 e. The Kier molecular flexibility index (Phi) is 6.05. The van der Waals surface area contributed by atoms with E-state index in [1.807, 2.05) is 19.1 Å². The first kappa shape index (κ1) is 23.4. The molecule has 35 heavy (non-hydrogen) atoms. The Morgan fingerprint density at radius 1 is 1.17 bits per heavy atom. The molecule has 5 rings (SSSR count). The number of fused-ring (bicyclic) bond motifs is 1. The number of carboxylic acids is 1. The van der Waals surface area contributed by atoms with Gasteiger partial charge in [0.1, 0.15) is 11.6 Å². The van der Waals surface area contributed by atoms with Crippen molar-refractivity contribution in [1.82, 2.24) is 9.78 Å². The van der Waals surface area contributed by atoms with Crippen molar-refractivity contribution in [1.29, 1.82) is 0 Å². The lowest BCUT2D eigenvalue weighted by molar-refractivity contribution is -0.122. The van der Waals surface area contributed by atoms with Crippen molar-refractivity contribution >= 4 is 29.3 Å². The number of rotatable bonds is 6. The van der Waals surface area contributed by atoms with Crippen molar-refractivity contribution in [2.24, 2.45) is 5.92 Å². The summed E-state index contributed by atoms with van der Waals surface area (Å²) < 4.78 is 16.3. The lowest BCUT2D eigenvalue weighted by atomic mass is 9.82. The summed E-state index contributed by atoms with van der Waals surface area (Å²) in [5.41, 5.74) is 2.81. The number of carbonyl (C=O) groups excluding carboxylic acids is 2. The summed E-state index contributed by atoms with van der Waals surface area (Å²) in [6.45, 7) is 1.82. The van der Waals surface area contributed by atoms with Crippen LogP contribution in [0.4, 0.5) is 4.39 Å². The minimum absolute atomic E-state index is 0.116. The number of nitrogens with zero attached hydrogens (tertiary/aromatic N) is 2. The van der Waals surface area contributed by atoms with E-state index >= 15 is 4.39 Å². The number of aromatic nitrogens is 2. The monoisotopic (exact) mass is 494 g/mol. The molecule has 180 valence electrons. The van der Waals surface area contributed by atoms with E-state index in [0.717, 1.165) is 24.5 Å². The maximum atomic E-state index is 15.0. The molecule has 8 heteroatoms. The van der Waals surface area contributed by atoms with Crippen LogP contribution in [-0.2, 0) is 17.6 Å². The van der Waals surface area contributed by atoms with E-state index < -0.39 is 17.7 Å². The fourth-order valence-electron chi connectivity index (χ4n) is 5.01. The van der Waals surface area contributed by atoms with Crippen molar-refractivity contribution in [2.75, 3.05) is 0 Å². The summed E-state index contributed by atoms with van der Waals surface area (Å²) in [6, 6.07) is 9.05. The maximum Gasteiger partial charge on any atom is 0.335 e. The van der Waals surface area contributed by atoms with E-state index in [9.17, 15) is 19.5 Å². The third-order valence-corrected chi connectivity index (χ3v) is 7.33. The molecule has 1 N–H and O–H groups in total. The molecule has 1 unspecified atom stereocenters. The van der Waals surface area contributed by atoms with Gasteiger partial charge in [-0.2, -0.15) is 9.78 Å². The number of hydrogen-bond acceptors (Lipinski definition) is 4. The standard InChI is InChI=1S/C27H24ClFN2O4/c1-2-23(32)15-8-11-19-22(13-15)31(26(33)24-17(14-6-7-14)4-3-5-20(24)28)30-25(19)18-10-9-16(27(34)35)12-21(18)29/h3-5,9-10,12,14-15H,2,6-8,11,13H2,1H3,(H,34,35). The lowest BCUT2D eigenvalue weighted by Crippen LogP contribution is -2.26. The van der Waals surface area contributed by atoms with Gasteiger partial charge in [0, 0.05) is 23.5 Å². The smallest absolute Gasteiger partial charge is 0.335 e. The van der Waals surface area contributed by atoms with Gasteiger partial charge in [-0.25, -0.2) is 9.18 Å². The van der Waals surface area contributed by atoms with Gasteiger partial charge in [-0.05, 0) is 67.9 Å². The van der Waals surface area contributed by atoms with Crippen LogP contribution in [0.15, 0.2) is 36.4 Å². The largest absolute Gasteiger partial charge is 0.478 e. The third kappa shape index (κ3) is 4.18. The number of halogens is 2. The van der Waals surface area contributed by atoms with Gasteiger partial charge in [0.2, 0.25) is 0 Å². The van der Waals surface area contributed by atoms with Crippen molar-refractivity contribution < 1.29 is 23.9 Å². The third-order valence-electron chi connectivity index (χ3n) is 7.02. The van der Waals surface area contributed by atoms with Gasteiger partial charge in [0.25, 0.3) is 5.91 Å². The van der Waals surface area contributed by atoms with Crippen molar-refractivity contribution in [2.45, 2.75) is 51.4 Å². The second-order valence-electron chi connectivity index (χ2n) is 9.23. The molecular formula is C27H24ClFN2O4. The SMILES string of the molecule is CCC(=O)C1CCc2c(-c3ccc(C(=O)O)cc3F)nn(C(=O)c3c(Cl)cccc3C3CC3)c2C1. The van der Waals surface area contributed by atoms with Crippen LogP contribution in [0.5, 0.6) is 0 Å². The fourth-order valence-corrected chi connectivity index (χ4v) is 5.27. The summed E-state index contributed by atoms with van der Waals surface area (Å²) in [5, 5.41) is 14.1. The van der Waals surface area contributed by atoms with Gasteiger partial charge < -0.3 is 5.11 Å². The number of carboxylic acid groups (broad SMARTS) is 1. The molecule has 1 heterocycles. The zero-order chi connectivity index (χ0) is 24.9. The number of carbonyl (C=O) groups is 3. The summed E-state index contributed by atoms with van der Waals surface area (Å²) in [7, 11) is 0. The Bertz CT molecular complexity index is 1380. The zero-order valence-electron chi connectivity index (χ0n) is 19.2. The normalized spacial score (nSPS) is 17.2. The fraction of sp³-hybridized carbons (Fsp3) is 0.333. The zero-order valence-corrected chi connectivity index (χ0v) is 19.9. The molecule has 2 aliphatic rings. The molecule has 1 atom stereocenters. The van der Waals surface area contributed by atoms with E-state index in [1.54, 1.807) is 6.07 Å². The minimum atomic E-state index is -1.23. The highest BCUT2D eigenvalue weighted by Gasteiger charge is 2.35. The van der Waals surface area contributed by atoms with E-state index in [2.05, 4.69) is 5.10 Å². The summed E-state index contributed by atoms with van der Waals surface area (Å²) in [6.07, 6.45) is 3.75. The Balaban J connectivity index is 1.66. The molecule has 1 aromatic heterocycles. The average molecular weight is 495 g/mol. The first-order chi connectivity index (χ1) is 16.8. The van der Waals surface area contributed by atoms with E-state index in [-0.39, 0.29) is 28.7 Å². The number of aromatic carboxylic acids is 1. The molecular weight excluding hydrogens is 471 g/mol. The van der Waals surface area contributed by atoms with Gasteiger partial charge in [-0.3, -0.25) is 9.59 Å². The highest BCUT2D eigenvalue weighted by Crippen LogP contribution is 2.44. The van der Waals surface area contributed by atoms with Crippen LogP contribution in [-0.4, -0.2) is 32.5 Å². The highest BCUT2D eigenvalue weighted by molar-refractivity contribution is 6.34. The molecule has 2 aromatic carbocycles. The van der Waals surface area contributed by atoms with Crippen LogP contribution in [0.2, 0.25) is 5.02 Å². The van der Waals surface area contributed by atoms with E-state index in [4.69, 9.17) is 11.6 Å². The average Bonchev–Trinajstić information content (AvgIpc) is 3.63. The van der Waals surface area contributed by atoms with Crippen LogP contribution < -0.4 is 0 Å². The van der Waals surface area contributed by atoms with Crippen molar-refractivity contribution in [3.63, 3.8) is 0 Å². The van der Waals surface area contributed by atoms with Crippen molar-refractivity contribution in [3.05, 3.63) is 75.2 Å². The molecule has 0 amide bonds. The Hall–Kier alpha value is -3.32. The molecule has 2 aliphatic carbocycles. The first-order valence-corrected chi connectivity index (χ1v) is 12.2. The van der Waals surface area contributed by atoms with Crippen LogP contribution in [0.25, 0.3) is 11.3 Å².